The van der Waals surface area contributed by atoms with Crippen molar-refractivity contribution < 1.29 is 4.79 Å². The number of rotatable bonds is 1. The maximum absolute atomic E-state index is 12.6. The highest BCUT2D eigenvalue weighted by atomic mass is 35.5. The van der Waals surface area contributed by atoms with E-state index in [9.17, 15) is 4.79 Å². The van der Waals surface area contributed by atoms with E-state index < -0.39 is 5.54 Å². The Kier molecular flexibility index (Phi) is 5.47. The lowest BCUT2D eigenvalue weighted by atomic mass is 9.80. The Morgan fingerprint density at radius 2 is 1.61 bits per heavy atom. The molecule has 1 amide bonds. The van der Waals surface area contributed by atoms with Gasteiger partial charge in [-0.3, -0.25) is 4.79 Å². The van der Waals surface area contributed by atoms with E-state index >= 15 is 0 Å². The summed E-state index contributed by atoms with van der Waals surface area (Å²) in [4.78, 5) is 14.6. The molecule has 0 radical (unpaired) electrons. The van der Waals surface area contributed by atoms with Crippen LogP contribution in [0.15, 0.2) is 0 Å². The topological polar surface area (TPSA) is 46.3 Å². The number of amides is 1. The minimum absolute atomic E-state index is 0. The molecule has 2 atom stereocenters. The molecule has 1 aliphatic carbocycles. The number of halogens is 1. The van der Waals surface area contributed by atoms with Crippen LogP contribution in [-0.2, 0) is 4.79 Å². The minimum atomic E-state index is -0.547. The molecule has 1 aliphatic heterocycles. The highest BCUT2D eigenvalue weighted by Gasteiger charge is 2.40. The summed E-state index contributed by atoms with van der Waals surface area (Å²) in [6.07, 6.45) is 6.46. The third-order valence-electron chi connectivity index (χ3n) is 4.33. The van der Waals surface area contributed by atoms with Gasteiger partial charge in [-0.25, -0.2) is 0 Å². The Morgan fingerprint density at radius 3 is 2.11 bits per heavy atom. The van der Waals surface area contributed by atoms with E-state index in [2.05, 4.69) is 13.8 Å². The van der Waals surface area contributed by atoms with Crippen molar-refractivity contribution in [3.05, 3.63) is 0 Å². The third kappa shape index (κ3) is 3.39. The van der Waals surface area contributed by atoms with E-state index in [-0.39, 0.29) is 18.3 Å². The van der Waals surface area contributed by atoms with Gasteiger partial charge in [0.05, 0.1) is 5.54 Å². The largest absolute Gasteiger partial charge is 0.341 e. The molecular formula is C14H27ClN2O. The van der Waals surface area contributed by atoms with Gasteiger partial charge in [0.1, 0.15) is 0 Å². The molecule has 3 nitrogen and oxygen atoms in total. The van der Waals surface area contributed by atoms with Crippen LogP contribution < -0.4 is 5.73 Å². The second-order valence-electron chi connectivity index (χ2n) is 6.37. The predicted octanol–water partition coefficient (Wildman–Crippen LogP) is 2.57. The Hall–Kier alpha value is -0.280. The smallest absolute Gasteiger partial charge is 0.242 e. The molecule has 0 aromatic heterocycles. The van der Waals surface area contributed by atoms with Crippen LogP contribution >= 0.6 is 12.4 Å². The van der Waals surface area contributed by atoms with Gasteiger partial charge in [0.2, 0.25) is 5.91 Å². The van der Waals surface area contributed by atoms with Crippen LogP contribution in [0, 0.1) is 11.8 Å². The van der Waals surface area contributed by atoms with Crippen molar-refractivity contribution in [2.75, 3.05) is 13.1 Å². The zero-order valence-electron chi connectivity index (χ0n) is 11.7. The van der Waals surface area contributed by atoms with Gasteiger partial charge in [-0.05, 0) is 31.1 Å². The third-order valence-corrected chi connectivity index (χ3v) is 4.33. The van der Waals surface area contributed by atoms with Crippen LogP contribution in [0.1, 0.15) is 52.4 Å². The van der Waals surface area contributed by atoms with Gasteiger partial charge in [0.15, 0.2) is 0 Å². The summed E-state index contributed by atoms with van der Waals surface area (Å²) in [5.41, 5.74) is 5.79. The fraction of sp³-hybridized carbons (Fsp3) is 0.929. The van der Waals surface area contributed by atoms with Crippen molar-refractivity contribution in [1.29, 1.82) is 0 Å². The summed E-state index contributed by atoms with van der Waals surface area (Å²) in [6.45, 7) is 6.28. The standard InChI is InChI=1S/C14H26N2O.ClH/c1-11-8-12(2)10-16(9-11)13(17)14(15)6-4-3-5-7-14;/h11-12H,3-10,15H2,1-2H3;1H. The zero-order valence-corrected chi connectivity index (χ0v) is 12.5. The quantitative estimate of drug-likeness (QED) is 0.799. The average molecular weight is 275 g/mol. The fourth-order valence-electron chi connectivity index (χ4n) is 3.54. The molecule has 4 heteroatoms. The van der Waals surface area contributed by atoms with E-state index in [0.29, 0.717) is 11.8 Å². The van der Waals surface area contributed by atoms with Crippen molar-refractivity contribution in [1.82, 2.24) is 4.90 Å². The number of hydrogen-bond acceptors (Lipinski definition) is 2. The van der Waals surface area contributed by atoms with Crippen LogP contribution in [-0.4, -0.2) is 29.4 Å². The van der Waals surface area contributed by atoms with Gasteiger partial charge in [-0.15, -0.1) is 12.4 Å². The molecule has 2 fully saturated rings. The second-order valence-corrected chi connectivity index (χ2v) is 6.37. The van der Waals surface area contributed by atoms with Crippen molar-refractivity contribution in [3.63, 3.8) is 0 Å². The maximum atomic E-state index is 12.6. The normalized spacial score (nSPS) is 31.6. The number of carbonyl (C=O) groups excluding carboxylic acids is 1. The molecule has 1 saturated heterocycles. The van der Waals surface area contributed by atoms with Crippen molar-refractivity contribution in [2.24, 2.45) is 17.6 Å². The number of nitrogens with zero attached hydrogens (tertiary/aromatic N) is 1. The lowest BCUT2D eigenvalue weighted by Crippen LogP contribution is -2.58. The first-order valence-corrected chi connectivity index (χ1v) is 7.09. The van der Waals surface area contributed by atoms with Gasteiger partial charge in [0.25, 0.3) is 0 Å². The second kappa shape index (κ2) is 6.25. The summed E-state index contributed by atoms with van der Waals surface area (Å²) in [5, 5.41) is 0. The molecule has 2 unspecified atom stereocenters. The molecule has 2 rings (SSSR count). The van der Waals surface area contributed by atoms with E-state index in [1.807, 2.05) is 4.90 Å². The van der Waals surface area contributed by atoms with Crippen LogP contribution in [0.2, 0.25) is 0 Å². The number of carbonyl (C=O) groups is 1. The Morgan fingerprint density at radius 1 is 1.11 bits per heavy atom. The molecule has 0 spiro atoms. The zero-order chi connectivity index (χ0) is 12.5. The lowest BCUT2D eigenvalue weighted by molar-refractivity contribution is -0.141. The van der Waals surface area contributed by atoms with Crippen LogP contribution in [0.4, 0.5) is 0 Å². The first kappa shape index (κ1) is 15.8. The number of piperidine rings is 1. The molecule has 1 heterocycles. The maximum Gasteiger partial charge on any atom is 0.242 e. The lowest BCUT2D eigenvalue weighted by Gasteiger charge is -2.41. The van der Waals surface area contributed by atoms with Gasteiger partial charge in [0, 0.05) is 13.1 Å². The molecule has 0 aromatic carbocycles. The molecule has 0 aromatic rings. The van der Waals surface area contributed by atoms with E-state index in [4.69, 9.17) is 5.73 Å². The Balaban J connectivity index is 0.00000162. The Bertz CT molecular complexity index is 280. The average Bonchev–Trinajstić information content (AvgIpc) is 2.27. The highest BCUT2D eigenvalue weighted by molar-refractivity contribution is 5.86. The van der Waals surface area contributed by atoms with Crippen LogP contribution in [0.3, 0.4) is 0 Å². The Labute approximate surface area is 117 Å². The first-order valence-electron chi connectivity index (χ1n) is 7.09. The van der Waals surface area contributed by atoms with Gasteiger partial charge >= 0.3 is 0 Å². The minimum Gasteiger partial charge on any atom is -0.341 e. The molecule has 2 N–H and O–H groups in total. The fourth-order valence-corrected chi connectivity index (χ4v) is 3.54. The summed E-state index contributed by atoms with van der Waals surface area (Å²) in [7, 11) is 0. The molecular weight excluding hydrogens is 248 g/mol. The monoisotopic (exact) mass is 274 g/mol. The van der Waals surface area contributed by atoms with Gasteiger partial charge < -0.3 is 10.6 Å². The number of nitrogens with two attached hydrogens (primary N) is 1. The van der Waals surface area contributed by atoms with E-state index in [1.54, 1.807) is 0 Å². The van der Waals surface area contributed by atoms with Crippen LogP contribution in [0.5, 0.6) is 0 Å². The molecule has 18 heavy (non-hydrogen) atoms. The SMILES string of the molecule is CC1CC(C)CN(C(=O)C2(N)CCCCC2)C1.Cl. The van der Waals surface area contributed by atoms with Crippen LogP contribution in [0.25, 0.3) is 0 Å². The number of hydrogen-bond donors (Lipinski definition) is 1. The van der Waals surface area contributed by atoms with Gasteiger partial charge in [-0.1, -0.05) is 33.1 Å². The van der Waals surface area contributed by atoms with E-state index in [0.717, 1.165) is 38.8 Å². The van der Waals surface area contributed by atoms with Crippen molar-refractivity contribution in [3.8, 4) is 0 Å². The van der Waals surface area contributed by atoms with E-state index in [1.165, 1.54) is 12.8 Å². The molecule has 2 aliphatic rings. The molecule has 1 saturated carbocycles. The van der Waals surface area contributed by atoms with Gasteiger partial charge in [-0.2, -0.15) is 0 Å². The summed E-state index contributed by atoms with van der Waals surface area (Å²) in [6, 6.07) is 0. The summed E-state index contributed by atoms with van der Waals surface area (Å²) < 4.78 is 0. The number of likely N-dealkylation sites (tertiary alicyclic amines) is 1. The van der Waals surface area contributed by atoms with Crippen molar-refractivity contribution >= 4 is 18.3 Å². The predicted molar refractivity (Wildman–Crippen MR) is 76.8 cm³/mol. The molecule has 0 bridgehead atoms. The highest BCUT2D eigenvalue weighted by Crippen LogP contribution is 2.30. The molecule has 106 valence electrons. The van der Waals surface area contributed by atoms with Crippen molar-refractivity contribution in [2.45, 2.75) is 57.9 Å². The summed E-state index contributed by atoms with van der Waals surface area (Å²) >= 11 is 0. The summed E-state index contributed by atoms with van der Waals surface area (Å²) in [5.74, 6) is 1.46. The first-order chi connectivity index (χ1) is 8.01.